The van der Waals surface area contributed by atoms with Gasteiger partial charge in [-0.15, -0.1) is 0 Å². The molecule has 0 bridgehead atoms. The van der Waals surface area contributed by atoms with Gasteiger partial charge in [0.2, 0.25) is 0 Å². The van der Waals surface area contributed by atoms with Crippen LogP contribution in [0, 0.1) is 6.92 Å². The van der Waals surface area contributed by atoms with E-state index in [2.05, 4.69) is 52.4 Å². The van der Waals surface area contributed by atoms with E-state index in [-0.39, 0.29) is 6.04 Å². The molecule has 4 heteroatoms. The molecule has 21 heavy (non-hydrogen) atoms. The van der Waals surface area contributed by atoms with Crippen molar-refractivity contribution in [1.29, 1.82) is 0 Å². The molecule has 0 fully saturated rings. The molecule has 0 heterocycles. The molecular formula is C17H20BrNO2. The van der Waals surface area contributed by atoms with Gasteiger partial charge in [-0.3, -0.25) is 0 Å². The van der Waals surface area contributed by atoms with Crippen molar-refractivity contribution in [2.24, 2.45) is 0 Å². The van der Waals surface area contributed by atoms with Gasteiger partial charge >= 0.3 is 0 Å². The maximum Gasteiger partial charge on any atom is 0.161 e. The van der Waals surface area contributed by atoms with Crippen molar-refractivity contribution in [3.05, 3.63) is 57.6 Å². The van der Waals surface area contributed by atoms with Gasteiger partial charge in [0.15, 0.2) is 11.5 Å². The number of benzene rings is 2. The maximum absolute atomic E-state index is 5.41. The van der Waals surface area contributed by atoms with E-state index in [0.717, 1.165) is 15.8 Å². The molecule has 1 atom stereocenters. The molecule has 2 rings (SSSR count). The summed E-state index contributed by atoms with van der Waals surface area (Å²) in [7, 11) is 5.24. The van der Waals surface area contributed by atoms with Crippen molar-refractivity contribution in [1.82, 2.24) is 5.32 Å². The third-order valence-electron chi connectivity index (χ3n) is 3.48. The minimum Gasteiger partial charge on any atom is -0.493 e. The first-order valence-corrected chi connectivity index (χ1v) is 7.55. The number of ether oxygens (including phenoxy) is 2. The van der Waals surface area contributed by atoms with Crippen LogP contribution in [0.2, 0.25) is 0 Å². The van der Waals surface area contributed by atoms with Crippen molar-refractivity contribution in [2.45, 2.75) is 13.0 Å². The van der Waals surface area contributed by atoms with Gasteiger partial charge in [-0.1, -0.05) is 45.8 Å². The Labute approximate surface area is 134 Å². The summed E-state index contributed by atoms with van der Waals surface area (Å²) in [4.78, 5) is 0. The zero-order chi connectivity index (χ0) is 15.4. The molecule has 3 nitrogen and oxygen atoms in total. The normalized spacial score (nSPS) is 12.0. The molecule has 112 valence electrons. The van der Waals surface area contributed by atoms with Crippen molar-refractivity contribution in [2.75, 3.05) is 21.3 Å². The zero-order valence-electron chi connectivity index (χ0n) is 12.7. The van der Waals surface area contributed by atoms with E-state index in [1.807, 2.05) is 19.2 Å². The number of rotatable bonds is 5. The first-order valence-electron chi connectivity index (χ1n) is 6.76. The van der Waals surface area contributed by atoms with Gasteiger partial charge in [0, 0.05) is 4.47 Å². The van der Waals surface area contributed by atoms with Crippen molar-refractivity contribution < 1.29 is 9.47 Å². The van der Waals surface area contributed by atoms with Crippen LogP contribution in [-0.2, 0) is 0 Å². The molecule has 1 unspecified atom stereocenters. The average molecular weight is 350 g/mol. The molecule has 0 radical (unpaired) electrons. The van der Waals surface area contributed by atoms with Crippen LogP contribution in [0.4, 0.5) is 0 Å². The number of methoxy groups -OCH3 is 2. The summed E-state index contributed by atoms with van der Waals surface area (Å²) in [5.74, 6) is 1.44. The van der Waals surface area contributed by atoms with E-state index in [0.29, 0.717) is 5.75 Å². The molecule has 0 aromatic heterocycles. The minimum atomic E-state index is 0.0825. The third kappa shape index (κ3) is 3.39. The van der Waals surface area contributed by atoms with Crippen LogP contribution in [0.5, 0.6) is 11.5 Å². The molecule has 0 amide bonds. The topological polar surface area (TPSA) is 30.5 Å². The molecule has 0 aliphatic heterocycles. The second-order valence-electron chi connectivity index (χ2n) is 4.86. The number of hydrogen-bond donors (Lipinski definition) is 1. The number of aryl methyl sites for hydroxylation is 1. The van der Waals surface area contributed by atoms with Crippen molar-refractivity contribution >= 4 is 15.9 Å². The van der Waals surface area contributed by atoms with E-state index >= 15 is 0 Å². The lowest BCUT2D eigenvalue weighted by atomic mass is 9.97. The predicted molar refractivity (Wildman–Crippen MR) is 89.3 cm³/mol. The molecule has 1 N–H and O–H groups in total. The number of hydrogen-bond acceptors (Lipinski definition) is 3. The monoisotopic (exact) mass is 349 g/mol. The Morgan fingerprint density at radius 3 is 2.29 bits per heavy atom. The summed E-state index contributed by atoms with van der Waals surface area (Å²) >= 11 is 3.63. The molecule has 0 aliphatic rings. The minimum absolute atomic E-state index is 0.0825. The zero-order valence-corrected chi connectivity index (χ0v) is 14.3. The lowest BCUT2D eigenvalue weighted by molar-refractivity contribution is 0.354. The summed E-state index contributed by atoms with van der Waals surface area (Å²) in [5, 5.41) is 3.37. The van der Waals surface area contributed by atoms with Crippen LogP contribution in [0.15, 0.2) is 40.9 Å². The highest BCUT2D eigenvalue weighted by Gasteiger charge is 2.18. The van der Waals surface area contributed by atoms with Crippen LogP contribution in [0.1, 0.15) is 22.7 Å². The SMILES string of the molecule is CNC(c1cccc(C)c1)c1cc(OC)c(OC)cc1Br. The molecule has 0 saturated heterocycles. The molecule has 2 aromatic carbocycles. The Kier molecular flexibility index (Phi) is 5.26. The molecule has 0 aliphatic carbocycles. The van der Waals surface area contributed by atoms with Crippen LogP contribution in [0.3, 0.4) is 0 Å². The second-order valence-corrected chi connectivity index (χ2v) is 5.72. The number of nitrogens with one attached hydrogen (secondary N) is 1. The van der Waals surface area contributed by atoms with Crippen LogP contribution in [-0.4, -0.2) is 21.3 Å². The Bertz CT molecular complexity index is 628. The van der Waals surface area contributed by atoms with Gasteiger partial charge in [-0.2, -0.15) is 0 Å². The summed E-state index contributed by atoms with van der Waals surface area (Å²) in [6.07, 6.45) is 0. The van der Waals surface area contributed by atoms with Gasteiger partial charge in [0.05, 0.1) is 20.3 Å². The summed E-state index contributed by atoms with van der Waals surface area (Å²) in [6, 6.07) is 12.5. The summed E-state index contributed by atoms with van der Waals surface area (Å²) in [5.41, 5.74) is 3.57. The smallest absolute Gasteiger partial charge is 0.161 e. The van der Waals surface area contributed by atoms with Gasteiger partial charge in [0.1, 0.15) is 0 Å². The first-order chi connectivity index (χ1) is 10.1. The van der Waals surface area contributed by atoms with E-state index in [1.165, 1.54) is 11.1 Å². The van der Waals surface area contributed by atoms with Crippen LogP contribution < -0.4 is 14.8 Å². The highest BCUT2D eigenvalue weighted by molar-refractivity contribution is 9.10. The summed E-state index contributed by atoms with van der Waals surface area (Å²) < 4.78 is 11.7. The van der Waals surface area contributed by atoms with Crippen LogP contribution >= 0.6 is 15.9 Å². The fraction of sp³-hybridized carbons (Fsp3) is 0.294. The Hall–Kier alpha value is -1.52. The lowest BCUT2D eigenvalue weighted by Crippen LogP contribution is -2.18. The van der Waals surface area contributed by atoms with Gasteiger partial charge < -0.3 is 14.8 Å². The average Bonchev–Trinajstić information content (AvgIpc) is 2.49. The largest absolute Gasteiger partial charge is 0.493 e. The highest BCUT2D eigenvalue weighted by Crippen LogP contribution is 2.37. The predicted octanol–water partition coefficient (Wildman–Crippen LogP) is 4.08. The quantitative estimate of drug-likeness (QED) is 0.881. The second kappa shape index (κ2) is 6.96. The Morgan fingerprint density at radius 2 is 1.71 bits per heavy atom. The molecular weight excluding hydrogens is 330 g/mol. The molecule has 0 spiro atoms. The Morgan fingerprint density at radius 1 is 1.05 bits per heavy atom. The van der Waals surface area contributed by atoms with E-state index in [9.17, 15) is 0 Å². The standard InChI is InChI=1S/C17H20BrNO2/c1-11-6-5-7-12(8-11)17(19-2)13-9-15(20-3)16(21-4)10-14(13)18/h5-10,17,19H,1-4H3. The molecule has 2 aromatic rings. The van der Waals surface area contributed by atoms with E-state index in [1.54, 1.807) is 14.2 Å². The van der Waals surface area contributed by atoms with Gasteiger partial charge in [-0.05, 0) is 37.2 Å². The van der Waals surface area contributed by atoms with E-state index < -0.39 is 0 Å². The third-order valence-corrected chi connectivity index (χ3v) is 4.16. The van der Waals surface area contributed by atoms with E-state index in [4.69, 9.17) is 9.47 Å². The summed E-state index contributed by atoms with van der Waals surface area (Å²) in [6.45, 7) is 2.10. The molecule has 0 saturated carbocycles. The van der Waals surface area contributed by atoms with Gasteiger partial charge in [-0.25, -0.2) is 0 Å². The van der Waals surface area contributed by atoms with Gasteiger partial charge in [0.25, 0.3) is 0 Å². The Balaban J connectivity index is 2.52. The fourth-order valence-electron chi connectivity index (χ4n) is 2.44. The van der Waals surface area contributed by atoms with Crippen LogP contribution in [0.25, 0.3) is 0 Å². The fourth-order valence-corrected chi connectivity index (χ4v) is 2.99. The highest BCUT2D eigenvalue weighted by atomic mass is 79.9. The lowest BCUT2D eigenvalue weighted by Gasteiger charge is -2.21. The van der Waals surface area contributed by atoms with Crippen molar-refractivity contribution in [3.63, 3.8) is 0 Å². The van der Waals surface area contributed by atoms with Crippen molar-refractivity contribution in [3.8, 4) is 11.5 Å². The number of halogens is 1. The first kappa shape index (κ1) is 15.9. The maximum atomic E-state index is 5.41.